The fraction of sp³-hybridized carbons (Fsp3) is 0.500. The molecule has 4 nitrogen and oxygen atoms in total. The van der Waals surface area contributed by atoms with Crippen LogP contribution < -0.4 is 14.2 Å². The molecule has 0 bridgehead atoms. The van der Waals surface area contributed by atoms with Gasteiger partial charge in [-0.25, -0.2) is 0 Å². The predicted octanol–water partition coefficient (Wildman–Crippen LogP) is 5.22. The van der Waals surface area contributed by atoms with Crippen molar-refractivity contribution >= 4 is 15.9 Å². The molecule has 0 spiro atoms. The van der Waals surface area contributed by atoms with Gasteiger partial charge in [-0.15, -0.1) is 0 Å². The van der Waals surface area contributed by atoms with Crippen molar-refractivity contribution in [2.45, 2.75) is 45.7 Å². The Morgan fingerprint density at radius 1 is 1.14 bits per heavy atom. The van der Waals surface area contributed by atoms with E-state index in [2.05, 4.69) is 52.0 Å². The summed E-state index contributed by atoms with van der Waals surface area (Å²) in [5, 5.41) is 0.941. The molecule has 0 saturated carbocycles. The third-order valence-electron chi connectivity index (χ3n) is 6.04. The minimum Gasteiger partial charge on any atom is -0.494 e. The van der Waals surface area contributed by atoms with E-state index in [1.54, 1.807) is 7.11 Å². The van der Waals surface area contributed by atoms with Crippen molar-refractivity contribution in [3.8, 4) is 17.2 Å². The summed E-state index contributed by atoms with van der Waals surface area (Å²) in [6.07, 6.45) is 3.06. The molecule has 0 amide bonds. The average Bonchev–Trinajstić information content (AvgIpc) is 2.73. The zero-order chi connectivity index (χ0) is 20.4. The van der Waals surface area contributed by atoms with Crippen LogP contribution in [0.4, 0.5) is 0 Å². The Bertz CT molecular complexity index is 883. The Balaban J connectivity index is 1.68. The van der Waals surface area contributed by atoms with Crippen molar-refractivity contribution in [1.82, 2.24) is 4.90 Å². The number of methoxy groups -OCH3 is 1. The molecule has 0 saturated heterocycles. The van der Waals surface area contributed by atoms with Gasteiger partial charge in [0.2, 0.25) is 0 Å². The quantitative estimate of drug-likeness (QED) is 0.419. The minimum atomic E-state index is 0.398. The van der Waals surface area contributed by atoms with E-state index in [4.69, 9.17) is 14.2 Å². The average molecular weight is 460 g/mol. The molecule has 2 aromatic rings. The summed E-state index contributed by atoms with van der Waals surface area (Å²) in [4.78, 5) is 2.59. The molecule has 2 aliphatic heterocycles. The van der Waals surface area contributed by atoms with Crippen molar-refractivity contribution in [3.05, 3.63) is 52.1 Å². The topological polar surface area (TPSA) is 30.9 Å². The van der Waals surface area contributed by atoms with Gasteiger partial charge in [0.15, 0.2) is 11.5 Å². The van der Waals surface area contributed by atoms with Gasteiger partial charge in [-0.05, 0) is 67.5 Å². The maximum Gasteiger partial charge on any atom is 0.165 e. The fourth-order valence-corrected chi connectivity index (χ4v) is 4.85. The number of hydrogen-bond acceptors (Lipinski definition) is 4. The van der Waals surface area contributed by atoms with Crippen LogP contribution in [0.15, 0.2) is 24.3 Å². The Morgan fingerprint density at radius 2 is 2.00 bits per heavy atom. The molecule has 29 heavy (non-hydrogen) atoms. The number of nitrogens with zero attached hydrogens (tertiary/aromatic N) is 1. The Morgan fingerprint density at radius 3 is 2.76 bits per heavy atom. The summed E-state index contributed by atoms with van der Waals surface area (Å²) in [7, 11) is 1.72. The summed E-state index contributed by atoms with van der Waals surface area (Å²) in [5.74, 6) is 2.78. The van der Waals surface area contributed by atoms with Gasteiger partial charge in [0.05, 0.1) is 20.3 Å². The molecular weight excluding hydrogens is 430 g/mol. The van der Waals surface area contributed by atoms with E-state index in [0.717, 1.165) is 54.9 Å². The van der Waals surface area contributed by atoms with Gasteiger partial charge < -0.3 is 14.2 Å². The van der Waals surface area contributed by atoms with Crippen molar-refractivity contribution in [2.75, 3.05) is 32.2 Å². The number of alkyl halides is 1. The maximum atomic E-state index is 6.18. The van der Waals surface area contributed by atoms with Crippen molar-refractivity contribution in [1.29, 1.82) is 0 Å². The highest BCUT2D eigenvalue weighted by Crippen LogP contribution is 2.45. The van der Waals surface area contributed by atoms with Crippen LogP contribution >= 0.6 is 15.9 Å². The molecule has 1 atom stereocenters. The Labute approximate surface area is 182 Å². The summed E-state index contributed by atoms with van der Waals surface area (Å²) in [6, 6.07) is 9.29. The minimum absolute atomic E-state index is 0.398. The molecule has 5 heteroatoms. The molecule has 0 fully saturated rings. The number of hydrogen-bond donors (Lipinski definition) is 0. The van der Waals surface area contributed by atoms with Crippen molar-refractivity contribution < 1.29 is 14.2 Å². The number of benzene rings is 2. The summed E-state index contributed by atoms with van der Waals surface area (Å²) in [6.45, 7) is 7.57. The lowest BCUT2D eigenvalue weighted by Gasteiger charge is -2.42. The van der Waals surface area contributed by atoms with Crippen LogP contribution in [-0.2, 0) is 19.4 Å². The predicted molar refractivity (Wildman–Crippen MR) is 120 cm³/mol. The van der Waals surface area contributed by atoms with Crippen LogP contribution in [-0.4, -0.2) is 37.1 Å². The first-order chi connectivity index (χ1) is 14.2. The van der Waals surface area contributed by atoms with Crippen molar-refractivity contribution in [2.24, 2.45) is 0 Å². The first-order valence-corrected chi connectivity index (χ1v) is 11.7. The van der Waals surface area contributed by atoms with Crippen LogP contribution in [0.3, 0.4) is 0 Å². The van der Waals surface area contributed by atoms with Gasteiger partial charge in [0.25, 0.3) is 0 Å². The standard InChI is InChI=1S/C24H30BrNO3/c1-4-28-23-14-19-18(12-16(23)2)8-10-26-15-20-17(13-21(19)26)6-7-22(27-3)24(20)29-11-5-9-25/h6-7,12,14,21H,4-5,8-11,13,15H2,1-3H3. The number of ether oxygens (including phenoxy) is 3. The molecule has 2 aliphatic rings. The van der Waals surface area contributed by atoms with Crippen LogP contribution in [0.1, 0.15) is 47.2 Å². The lowest BCUT2D eigenvalue weighted by atomic mass is 9.83. The van der Waals surface area contributed by atoms with Gasteiger partial charge in [-0.1, -0.05) is 28.1 Å². The molecule has 156 valence electrons. The second kappa shape index (κ2) is 8.97. The number of fused-ring (bicyclic) bond motifs is 4. The molecule has 0 radical (unpaired) electrons. The highest BCUT2D eigenvalue weighted by molar-refractivity contribution is 9.09. The van der Waals surface area contributed by atoms with Crippen LogP contribution in [0.2, 0.25) is 0 Å². The first kappa shape index (κ1) is 20.5. The van der Waals surface area contributed by atoms with Crippen molar-refractivity contribution in [3.63, 3.8) is 0 Å². The van der Waals surface area contributed by atoms with E-state index >= 15 is 0 Å². The second-order valence-corrected chi connectivity index (χ2v) is 8.61. The Kier molecular flexibility index (Phi) is 6.35. The number of aryl methyl sites for hydroxylation is 1. The first-order valence-electron chi connectivity index (χ1n) is 10.5. The number of rotatable bonds is 7. The molecule has 2 heterocycles. The third-order valence-corrected chi connectivity index (χ3v) is 6.61. The molecule has 0 aromatic heterocycles. The fourth-order valence-electron chi connectivity index (χ4n) is 4.62. The van der Waals surface area contributed by atoms with E-state index in [0.29, 0.717) is 19.3 Å². The smallest absolute Gasteiger partial charge is 0.165 e. The maximum absolute atomic E-state index is 6.18. The zero-order valence-electron chi connectivity index (χ0n) is 17.6. The monoisotopic (exact) mass is 459 g/mol. The van der Waals surface area contributed by atoms with Gasteiger partial charge in [-0.2, -0.15) is 0 Å². The zero-order valence-corrected chi connectivity index (χ0v) is 19.2. The normalized spacial score (nSPS) is 17.9. The van der Waals surface area contributed by atoms with Gasteiger partial charge in [-0.3, -0.25) is 4.90 Å². The van der Waals surface area contributed by atoms with E-state index in [-0.39, 0.29) is 0 Å². The molecule has 0 aliphatic carbocycles. The molecule has 1 unspecified atom stereocenters. The molecule has 0 N–H and O–H groups in total. The molecule has 2 aromatic carbocycles. The SMILES string of the molecule is CCOc1cc2c(cc1C)CCN1Cc3c(ccc(OC)c3OCCCBr)CC21. The van der Waals surface area contributed by atoms with Gasteiger partial charge in [0.1, 0.15) is 5.75 Å². The molecular formula is C24H30BrNO3. The highest BCUT2D eigenvalue weighted by Gasteiger charge is 2.34. The van der Waals surface area contributed by atoms with Gasteiger partial charge >= 0.3 is 0 Å². The molecule has 4 rings (SSSR count). The highest BCUT2D eigenvalue weighted by atomic mass is 79.9. The van der Waals surface area contributed by atoms with Crippen LogP contribution in [0.25, 0.3) is 0 Å². The lowest BCUT2D eigenvalue weighted by Crippen LogP contribution is -2.39. The van der Waals surface area contributed by atoms with E-state index in [1.807, 2.05) is 6.92 Å². The van der Waals surface area contributed by atoms with Crippen LogP contribution in [0.5, 0.6) is 17.2 Å². The largest absolute Gasteiger partial charge is 0.494 e. The van der Waals surface area contributed by atoms with E-state index < -0.39 is 0 Å². The summed E-state index contributed by atoms with van der Waals surface area (Å²) in [5.41, 5.74) is 6.79. The second-order valence-electron chi connectivity index (χ2n) is 7.82. The van der Waals surface area contributed by atoms with Crippen LogP contribution in [0, 0.1) is 6.92 Å². The van der Waals surface area contributed by atoms with Gasteiger partial charge in [0, 0.05) is 30.0 Å². The summed E-state index contributed by atoms with van der Waals surface area (Å²) >= 11 is 3.49. The Hall–Kier alpha value is -1.72. The lowest BCUT2D eigenvalue weighted by molar-refractivity contribution is 0.156. The third kappa shape index (κ3) is 3.99. The number of halogens is 1. The van der Waals surface area contributed by atoms with E-state index in [1.165, 1.54) is 27.8 Å². The summed E-state index contributed by atoms with van der Waals surface area (Å²) < 4.78 is 17.7. The van der Waals surface area contributed by atoms with E-state index in [9.17, 15) is 0 Å².